The summed E-state index contributed by atoms with van der Waals surface area (Å²) in [6, 6.07) is 3.99. The fourth-order valence-corrected chi connectivity index (χ4v) is 3.93. The minimum atomic E-state index is -3.15. The molecular weight excluding hydrogens is 316 g/mol. The number of rotatable bonds is 5. The van der Waals surface area contributed by atoms with Crippen LogP contribution in [0.2, 0.25) is 0 Å². The van der Waals surface area contributed by atoms with Crippen molar-refractivity contribution in [2.45, 2.75) is 32.1 Å². The Morgan fingerprint density at radius 3 is 2.48 bits per heavy atom. The molecule has 1 saturated carbocycles. The largest absolute Gasteiger partial charge is 0.466 e. The number of piperazine rings is 1. The highest BCUT2D eigenvalue weighted by atomic mass is 32.2. The highest BCUT2D eigenvalue weighted by molar-refractivity contribution is 7.88. The van der Waals surface area contributed by atoms with Crippen LogP contribution in [0.5, 0.6) is 0 Å². The second-order valence-electron chi connectivity index (χ2n) is 6.67. The van der Waals surface area contributed by atoms with Crippen molar-refractivity contribution < 1.29 is 17.6 Å². The molecule has 1 aliphatic heterocycles. The average molecular weight is 340 g/mol. The SMILES string of the molecule is CC1CC1c1ccc(CCC(=O)N2CCN(S(C)(=O)=O)CC2)o1. The van der Waals surface area contributed by atoms with E-state index in [4.69, 9.17) is 4.42 Å². The van der Waals surface area contributed by atoms with Crippen molar-refractivity contribution in [3.8, 4) is 0 Å². The minimum Gasteiger partial charge on any atom is -0.466 e. The van der Waals surface area contributed by atoms with E-state index in [2.05, 4.69) is 6.92 Å². The standard InChI is InChI=1S/C16H24N2O4S/c1-12-11-14(12)15-5-3-13(22-15)4-6-16(19)17-7-9-18(10-8-17)23(2,20)21/h3,5,12,14H,4,6-11H2,1-2H3. The molecule has 2 heterocycles. The number of sulfonamides is 1. The van der Waals surface area contributed by atoms with Crippen molar-refractivity contribution in [2.24, 2.45) is 5.92 Å². The summed E-state index contributed by atoms with van der Waals surface area (Å²) < 4.78 is 30.2. The van der Waals surface area contributed by atoms with Gasteiger partial charge in [0.25, 0.3) is 0 Å². The molecule has 1 aromatic heterocycles. The van der Waals surface area contributed by atoms with Crippen LogP contribution in [0.25, 0.3) is 0 Å². The number of nitrogens with zero attached hydrogens (tertiary/aromatic N) is 2. The van der Waals surface area contributed by atoms with E-state index in [9.17, 15) is 13.2 Å². The van der Waals surface area contributed by atoms with Gasteiger partial charge in [-0.15, -0.1) is 0 Å². The second kappa shape index (κ2) is 6.28. The first-order chi connectivity index (χ1) is 10.8. The Morgan fingerprint density at radius 2 is 1.91 bits per heavy atom. The summed E-state index contributed by atoms with van der Waals surface area (Å²) >= 11 is 0. The Morgan fingerprint density at radius 1 is 1.26 bits per heavy atom. The van der Waals surface area contributed by atoms with Crippen molar-refractivity contribution in [1.29, 1.82) is 0 Å². The third kappa shape index (κ3) is 3.95. The molecule has 1 aromatic rings. The van der Waals surface area contributed by atoms with Crippen LogP contribution in [0.3, 0.4) is 0 Å². The molecule has 0 N–H and O–H groups in total. The van der Waals surface area contributed by atoms with Crippen LogP contribution in [-0.2, 0) is 21.2 Å². The molecule has 23 heavy (non-hydrogen) atoms. The van der Waals surface area contributed by atoms with E-state index in [1.54, 1.807) is 4.90 Å². The van der Waals surface area contributed by atoms with Gasteiger partial charge in [0.05, 0.1) is 6.26 Å². The number of carbonyl (C=O) groups is 1. The maximum Gasteiger partial charge on any atom is 0.223 e. The molecule has 6 nitrogen and oxygen atoms in total. The summed E-state index contributed by atoms with van der Waals surface area (Å²) in [5, 5.41) is 0. The third-order valence-electron chi connectivity index (χ3n) is 4.80. The molecular formula is C16H24N2O4S. The predicted octanol–water partition coefficient (Wildman–Crippen LogP) is 1.44. The average Bonchev–Trinajstić information content (AvgIpc) is 3.06. The van der Waals surface area contributed by atoms with Crippen molar-refractivity contribution in [3.05, 3.63) is 23.7 Å². The van der Waals surface area contributed by atoms with Gasteiger partial charge in [0, 0.05) is 44.9 Å². The van der Waals surface area contributed by atoms with Crippen LogP contribution < -0.4 is 0 Å². The van der Waals surface area contributed by atoms with E-state index in [1.807, 2.05) is 12.1 Å². The summed E-state index contributed by atoms with van der Waals surface area (Å²) in [5.74, 6) is 3.24. The first kappa shape index (κ1) is 16.5. The van der Waals surface area contributed by atoms with Gasteiger partial charge in [0.2, 0.25) is 15.9 Å². The molecule has 0 radical (unpaired) electrons. The van der Waals surface area contributed by atoms with Crippen LogP contribution in [-0.4, -0.2) is 56.0 Å². The Balaban J connectivity index is 1.46. The topological polar surface area (TPSA) is 70.8 Å². The van der Waals surface area contributed by atoms with Gasteiger partial charge in [-0.2, -0.15) is 4.31 Å². The molecule has 128 valence electrons. The molecule has 2 aliphatic rings. The number of aryl methyl sites for hydroxylation is 1. The van der Waals surface area contributed by atoms with Crippen LogP contribution in [0, 0.1) is 5.92 Å². The van der Waals surface area contributed by atoms with E-state index < -0.39 is 10.0 Å². The zero-order chi connectivity index (χ0) is 16.6. The molecule has 1 aliphatic carbocycles. The van der Waals surface area contributed by atoms with Crippen molar-refractivity contribution in [1.82, 2.24) is 9.21 Å². The van der Waals surface area contributed by atoms with Crippen LogP contribution >= 0.6 is 0 Å². The molecule has 2 fully saturated rings. The molecule has 0 aromatic carbocycles. The lowest BCUT2D eigenvalue weighted by Crippen LogP contribution is -2.50. The van der Waals surface area contributed by atoms with Crippen LogP contribution in [0.1, 0.15) is 37.2 Å². The quantitative estimate of drug-likeness (QED) is 0.813. The smallest absolute Gasteiger partial charge is 0.223 e. The summed E-state index contributed by atoms with van der Waals surface area (Å²) in [6.07, 6.45) is 3.41. The monoisotopic (exact) mass is 340 g/mol. The lowest BCUT2D eigenvalue weighted by molar-refractivity contribution is -0.132. The zero-order valence-corrected chi connectivity index (χ0v) is 14.5. The summed E-state index contributed by atoms with van der Waals surface area (Å²) in [6.45, 7) is 3.92. The molecule has 1 amide bonds. The fraction of sp³-hybridized carbons (Fsp3) is 0.688. The molecule has 0 spiro atoms. The first-order valence-electron chi connectivity index (χ1n) is 8.16. The van der Waals surface area contributed by atoms with Gasteiger partial charge in [-0.3, -0.25) is 4.79 Å². The van der Waals surface area contributed by atoms with Gasteiger partial charge in [-0.25, -0.2) is 8.42 Å². The fourth-order valence-electron chi connectivity index (χ4n) is 3.10. The van der Waals surface area contributed by atoms with Gasteiger partial charge >= 0.3 is 0 Å². The van der Waals surface area contributed by atoms with E-state index in [0.717, 1.165) is 11.5 Å². The minimum absolute atomic E-state index is 0.0656. The van der Waals surface area contributed by atoms with Crippen molar-refractivity contribution >= 4 is 15.9 Å². The van der Waals surface area contributed by atoms with E-state index in [-0.39, 0.29) is 5.91 Å². The number of hydrogen-bond acceptors (Lipinski definition) is 4. The Bertz CT molecular complexity index is 674. The lowest BCUT2D eigenvalue weighted by atomic mass is 10.2. The third-order valence-corrected chi connectivity index (χ3v) is 6.11. The molecule has 0 bridgehead atoms. The highest BCUT2D eigenvalue weighted by Crippen LogP contribution is 2.47. The van der Waals surface area contributed by atoms with Gasteiger partial charge < -0.3 is 9.32 Å². The Hall–Kier alpha value is -1.34. The normalized spacial score (nSPS) is 25.6. The van der Waals surface area contributed by atoms with Gasteiger partial charge in [0.1, 0.15) is 11.5 Å². The van der Waals surface area contributed by atoms with Crippen molar-refractivity contribution in [3.63, 3.8) is 0 Å². The molecule has 2 unspecified atom stereocenters. The van der Waals surface area contributed by atoms with Gasteiger partial charge in [-0.05, 0) is 24.5 Å². The van der Waals surface area contributed by atoms with E-state index in [0.29, 0.717) is 50.9 Å². The van der Waals surface area contributed by atoms with Crippen LogP contribution in [0.15, 0.2) is 16.5 Å². The van der Waals surface area contributed by atoms with E-state index in [1.165, 1.54) is 17.0 Å². The van der Waals surface area contributed by atoms with E-state index >= 15 is 0 Å². The molecule has 7 heteroatoms. The van der Waals surface area contributed by atoms with Gasteiger partial charge in [-0.1, -0.05) is 6.92 Å². The first-order valence-corrected chi connectivity index (χ1v) is 10.0. The number of carbonyl (C=O) groups excluding carboxylic acids is 1. The number of amides is 1. The summed E-state index contributed by atoms with van der Waals surface area (Å²) in [4.78, 5) is 14.0. The predicted molar refractivity (Wildman–Crippen MR) is 86.5 cm³/mol. The maximum absolute atomic E-state index is 12.2. The zero-order valence-electron chi connectivity index (χ0n) is 13.7. The molecule has 3 rings (SSSR count). The number of hydrogen-bond donors (Lipinski definition) is 0. The maximum atomic E-state index is 12.2. The highest BCUT2D eigenvalue weighted by Gasteiger charge is 2.36. The molecule has 1 saturated heterocycles. The lowest BCUT2D eigenvalue weighted by Gasteiger charge is -2.33. The Labute approximate surface area is 137 Å². The molecule has 2 atom stereocenters. The van der Waals surface area contributed by atoms with Crippen molar-refractivity contribution in [2.75, 3.05) is 32.4 Å². The van der Waals surface area contributed by atoms with Gasteiger partial charge in [0.15, 0.2) is 0 Å². The van der Waals surface area contributed by atoms with Crippen LogP contribution in [0.4, 0.5) is 0 Å². The Kier molecular flexibility index (Phi) is 4.51. The summed E-state index contributed by atoms with van der Waals surface area (Å²) in [5.41, 5.74) is 0. The second-order valence-corrected chi connectivity index (χ2v) is 8.65. The summed E-state index contributed by atoms with van der Waals surface area (Å²) in [7, 11) is -3.15. The number of furan rings is 1.